The van der Waals surface area contributed by atoms with Gasteiger partial charge in [-0.1, -0.05) is 51.1 Å². The van der Waals surface area contributed by atoms with Crippen LogP contribution in [0.15, 0.2) is 36.4 Å². The minimum absolute atomic E-state index is 0.0714. The van der Waals surface area contributed by atoms with Crippen LogP contribution in [0.3, 0.4) is 0 Å². The molecule has 1 amide bonds. The Balaban J connectivity index is 2.03. The molecule has 3 nitrogen and oxygen atoms in total. The Morgan fingerprint density at radius 3 is 2.15 bits per heavy atom. The number of hydrogen-bond donors (Lipinski definition) is 1. The highest BCUT2D eigenvalue weighted by Crippen LogP contribution is 2.25. The van der Waals surface area contributed by atoms with Gasteiger partial charge in [0.25, 0.3) is 5.91 Å². The first-order valence-electron chi connectivity index (χ1n) is 9.64. The van der Waals surface area contributed by atoms with E-state index in [2.05, 4.69) is 63.3 Å². The molecule has 0 aromatic heterocycles. The second-order valence-corrected chi connectivity index (χ2v) is 8.57. The van der Waals surface area contributed by atoms with Gasteiger partial charge in [-0.2, -0.15) is 0 Å². The van der Waals surface area contributed by atoms with Gasteiger partial charge < -0.3 is 10.1 Å². The Kier molecular flexibility index (Phi) is 6.35. The maximum atomic E-state index is 12.6. The normalized spacial score (nSPS) is 13.8. The van der Waals surface area contributed by atoms with Crippen LogP contribution in [0.2, 0.25) is 0 Å². The second-order valence-electron chi connectivity index (χ2n) is 8.57. The van der Waals surface area contributed by atoms with E-state index in [-0.39, 0.29) is 17.4 Å². The topological polar surface area (TPSA) is 38.3 Å². The van der Waals surface area contributed by atoms with Crippen molar-refractivity contribution in [3.63, 3.8) is 0 Å². The summed E-state index contributed by atoms with van der Waals surface area (Å²) in [5, 5.41) is 3.06. The van der Waals surface area contributed by atoms with E-state index in [1.54, 1.807) is 6.92 Å². The maximum absolute atomic E-state index is 12.6. The zero-order valence-corrected chi connectivity index (χ0v) is 17.9. The average molecular weight is 368 g/mol. The molecule has 0 fully saturated rings. The molecule has 0 heterocycles. The Labute approximate surface area is 164 Å². The van der Waals surface area contributed by atoms with E-state index >= 15 is 0 Å². The fourth-order valence-electron chi connectivity index (χ4n) is 3.05. The summed E-state index contributed by atoms with van der Waals surface area (Å²) in [7, 11) is 0. The Morgan fingerprint density at radius 1 is 1.00 bits per heavy atom. The van der Waals surface area contributed by atoms with Gasteiger partial charge >= 0.3 is 0 Å². The lowest BCUT2D eigenvalue weighted by atomic mass is 9.86. The predicted octanol–water partition coefficient (Wildman–Crippen LogP) is 5.55. The molecule has 146 valence electrons. The molecule has 0 radical (unpaired) electrons. The molecule has 0 aliphatic heterocycles. The Bertz CT molecular complexity index is 800. The third-order valence-electron chi connectivity index (χ3n) is 5.07. The summed E-state index contributed by atoms with van der Waals surface area (Å²) in [5.74, 6) is 0.665. The Hall–Kier alpha value is -2.29. The summed E-state index contributed by atoms with van der Waals surface area (Å²) in [6, 6.07) is 12.5. The second kappa shape index (κ2) is 8.16. The van der Waals surface area contributed by atoms with Gasteiger partial charge in [-0.15, -0.1) is 0 Å². The predicted molar refractivity (Wildman–Crippen MR) is 112 cm³/mol. The number of carbonyl (C=O) groups is 1. The quantitative estimate of drug-likeness (QED) is 0.752. The largest absolute Gasteiger partial charge is 0.481 e. The van der Waals surface area contributed by atoms with E-state index < -0.39 is 6.10 Å². The molecule has 0 saturated heterocycles. The monoisotopic (exact) mass is 367 g/mol. The van der Waals surface area contributed by atoms with Gasteiger partial charge in [-0.05, 0) is 73.9 Å². The summed E-state index contributed by atoms with van der Waals surface area (Å²) in [6.07, 6.45) is -0.554. The van der Waals surface area contributed by atoms with Crippen LogP contribution in [0, 0.1) is 20.8 Å². The van der Waals surface area contributed by atoms with Crippen LogP contribution in [0.1, 0.15) is 68.5 Å². The molecule has 0 spiro atoms. The average Bonchev–Trinajstić information content (AvgIpc) is 2.58. The molecule has 0 aliphatic carbocycles. The number of hydrogen-bond acceptors (Lipinski definition) is 2. The van der Waals surface area contributed by atoms with E-state index in [9.17, 15) is 4.79 Å². The summed E-state index contributed by atoms with van der Waals surface area (Å²) < 4.78 is 5.96. The van der Waals surface area contributed by atoms with Crippen LogP contribution in [0.5, 0.6) is 5.75 Å². The molecule has 0 saturated carbocycles. The van der Waals surface area contributed by atoms with Crippen LogP contribution < -0.4 is 10.1 Å². The van der Waals surface area contributed by atoms with Gasteiger partial charge in [0.05, 0.1) is 6.04 Å². The van der Waals surface area contributed by atoms with Crippen LogP contribution in [0.4, 0.5) is 0 Å². The first kappa shape index (κ1) is 21.0. The number of rotatable bonds is 5. The maximum Gasteiger partial charge on any atom is 0.261 e. The molecule has 2 rings (SSSR count). The van der Waals surface area contributed by atoms with Crippen molar-refractivity contribution in [1.82, 2.24) is 5.32 Å². The van der Waals surface area contributed by atoms with Gasteiger partial charge in [0.15, 0.2) is 6.10 Å². The number of carbonyl (C=O) groups excluding carboxylic acids is 1. The molecular weight excluding hydrogens is 334 g/mol. The fraction of sp³-hybridized carbons (Fsp3) is 0.458. The van der Waals surface area contributed by atoms with Crippen LogP contribution in [0.25, 0.3) is 0 Å². The summed E-state index contributed by atoms with van der Waals surface area (Å²) in [4.78, 5) is 12.6. The molecule has 0 aliphatic rings. The fourth-order valence-corrected chi connectivity index (χ4v) is 3.05. The smallest absolute Gasteiger partial charge is 0.261 e. The zero-order chi connectivity index (χ0) is 20.4. The summed E-state index contributed by atoms with van der Waals surface area (Å²) in [6.45, 7) is 16.5. The third-order valence-corrected chi connectivity index (χ3v) is 5.07. The molecule has 0 bridgehead atoms. The van der Waals surface area contributed by atoms with Gasteiger partial charge in [0, 0.05) is 0 Å². The highest BCUT2D eigenvalue weighted by molar-refractivity contribution is 5.81. The number of ether oxygens (including phenoxy) is 1. The Morgan fingerprint density at radius 2 is 1.59 bits per heavy atom. The highest BCUT2D eigenvalue weighted by Gasteiger charge is 2.20. The molecule has 3 heteroatoms. The van der Waals surface area contributed by atoms with Gasteiger partial charge in [0.1, 0.15) is 5.75 Å². The molecule has 0 unspecified atom stereocenters. The van der Waals surface area contributed by atoms with E-state index in [0.717, 1.165) is 22.4 Å². The number of amides is 1. The van der Waals surface area contributed by atoms with Crippen LogP contribution >= 0.6 is 0 Å². The van der Waals surface area contributed by atoms with Gasteiger partial charge in [-0.25, -0.2) is 0 Å². The van der Waals surface area contributed by atoms with Crippen molar-refractivity contribution in [2.45, 2.75) is 73.0 Å². The van der Waals surface area contributed by atoms with E-state index in [4.69, 9.17) is 4.74 Å². The third kappa shape index (κ3) is 5.35. The lowest BCUT2D eigenvalue weighted by Crippen LogP contribution is -2.37. The lowest BCUT2D eigenvalue weighted by molar-refractivity contribution is -0.127. The molecule has 2 aromatic carbocycles. The van der Waals surface area contributed by atoms with Crippen molar-refractivity contribution in [2.24, 2.45) is 0 Å². The first-order chi connectivity index (χ1) is 12.5. The first-order valence-corrected chi connectivity index (χ1v) is 9.64. The van der Waals surface area contributed by atoms with Crippen molar-refractivity contribution >= 4 is 5.91 Å². The lowest BCUT2D eigenvalue weighted by Gasteiger charge is -2.22. The number of aryl methyl sites for hydroxylation is 2. The highest BCUT2D eigenvalue weighted by atomic mass is 16.5. The number of benzene rings is 2. The van der Waals surface area contributed by atoms with E-state index in [1.807, 2.05) is 26.8 Å². The van der Waals surface area contributed by atoms with Gasteiger partial charge in [0.2, 0.25) is 0 Å². The molecule has 1 N–H and O–H groups in total. The van der Waals surface area contributed by atoms with Crippen LogP contribution in [-0.2, 0) is 10.2 Å². The van der Waals surface area contributed by atoms with Crippen molar-refractivity contribution in [1.29, 1.82) is 0 Å². The van der Waals surface area contributed by atoms with Crippen molar-refractivity contribution < 1.29 is 9.53 Å². The minimum atomic E-state index is -0.554. The van der Waals surface area contributed by atoms with Gasteiger partial charge in [-0.3, -0.25) is 4.79 Å². The zero-order valence-electron chi connectivity index (χ0n) is 17.9. The van der Waals surface area contributed by atoms with Crippen molar-refractivity contribution in [2.75, 3.05) is 0 Å². The summed E-state index contributed by atoms with van der Waals surface area (Å²) in [5.41, 5.74) is 5.87. The summed E-state index contributed by atoms with van der Waals surface area (Å²) >= 11 is 0. The SMILES string of the molecule is Cc1cc(C)c(C)c(O[C@@H](C)C(=O)N[C@@H](C)c2ccc(C(C)(C)C)cc2)c1. The molecule has 27 heavy (non-hydrogen) atoms. The molecular formula is C24H33NO2. The number of nitrogens with one attached hydrogen (secondary N) is 1. The van der Waals surface area contributed by atoms with Crippen molar-refractivity contribution in [3.05, 3.63) is 64.2 Å². The van der Waals surface area contributed by atoms with E-state index in [1.165, 1.54) is 11.1 Å². The van der Waals surface area contributed by atoms with E-state index in [0.29, 0.717) is 0 Å². The molecule has 2 atom stereocenters. The van der Waals surface area contributed by atoms with Crippen molar-refractivity contribution in [3.8, 4) is 5.75 Å². The minimum Gasteiger partial charge on any atom is -0.481 e. The molecule has 2 aromatic rings. The standard InChI is InChI=1S/C24H33NO2/c1-15-13-16(2)17(3)22(14-15)27-19(5)23(26)25-18(4)20-9-11-21(12-10-20)24(6,7)8/h9-14,18-19H,1-8H3,(H,25,26)/t18-,19-/m0/s1. The van der Waals surface area contributed by atoms with Crippen LogP contribution in [-0.4, -0.2) is 12.0 Å².